The predicted octanol–water partition coefficient (Wildman–Crippen LogP) is 16.0. The molecule has 6 nitrogen and oxygen atoms in total. The maximum atomic E-state index is 6.83. The van der Waals surface area contributed by atoms with Gasteiger partial charge in [-0.25, -0.2) is 9.98 Å². The fraction of sp³-hybridized carbons (Fsp3) is 0.167. The van der Waals surface area contributed by atoms with E-state index >= 15 is 0 Å². The molecule has 0 saturated carbocycles. The van der Waals surface area contributed by atoms with E-state index in [1.807, 2.05) is 91.1 Å². The molecule has 0 bridgehead atoms. The number of benzene rings is 7. The van der Waals surface area contributed by atoms with Gasteiger partial charge in [-0.15, -0.1) is 0 Å². The first kappa shape index (κ1) is 41.0. The van der Waals surface area contributed by atoms with Crippen molar-refractivity contribution in [2.45, 2.75) is 58.9 Å². The van der Waals surface area contributed by atoms with E-state index in [-0.39, 0.29) is 22.8 Å². The van der Waals surface area contributed by atoms with Crippen LogP contribution >= 0.6 is 0 Å². The molecule has 66 heavy (non-hydrogen) atoms. The minimum absolute atomic E-state index is 0.00871. The third kappa shape index (κ3) is 7.23. The number of hydrogen-bond acceptors (Lipinski definition) is 5. The number of allylic oxidation sites excluding steroid dienone is 2. The van der Waals surface area contributed by atoms with Gasteiger partial charge in [0.15, 0.2) is 28.8 Å². The van der Waals surface area contributed by atoms with E-state index in [1.54, 1.807) is 0 Å². The maximum Gasteiger partial charge on any atom is 0.159 e. The summed E-state index contributed by atoms with van der Waals surface area (Å²) in [5.41, 5.74) is 14.6. The van der Waals surface area contributed by atoms with Crippen molar-refractivity contribution >= 4 is 46.2 Å². The van der Waals surface area contributed by atoms with Gasteiger partial charge in [0.05, 0.1) is 28.8 Å². The Kier molecular flexibility index (Phi) is 9.81. The van der Waals surface area contributed by atoms with Gasteiger partial charge in [-0.05, 0) is 74.6 Å². The Morgan fingerprint density at radius 2 is 1.23 bits per heavy atom. The average Bonchev–Trinajstić information content (AvgIpc) is 3.66. The zero-order valence-electron chi connectivity index (χ0n) is 38.3. The molecule has 2 unspecified atom stereocenters. The van der Waals surface area contributed by atoms with Gasteiger partial charge in [-0.3, -0.25) is 4.90 Å². The average molecular weight is 861 g/mol. The number of para-hydroxylation sites is 4. The number of nitrogens with zero attached hydrogens (tertiary/aromatic N) is 4. The van der Waals surface area contributed by atoms with Crippen molar-refractivity contribution in [1.29, 1.82) is 0 Å². The molecular weight excluding hydrogens is 809 g/mol. The molecule has 0 spiro atoms. The Labute approximate surface area is 388 Å². The van der Waals surface area contributed by atoms with Crippen molar-refractivity contribution in [2.75, 3.05) is 9.80 Å². The van der Waals surface area contributed by atoms with Gasteiger partial charge in [0.1, 0.15) is 5.69 Å². The molecule has 6 heteroatoms. The third-order valence-corrected chi connectivity index (χ3v) is 13.1. The molecule has 0 radical (unpaired) electrons. The summed E-state index contributed by atoms with van der Waals surface area (Å²) in [6.45, 7) is 18.3. The normalized spacial score (nSPS) is 16.9. The summed E-state index contributed by atoms with van der Waals surface area (Å²) in [6.07, 6.45) is 9.11. The highest BCUT2D eigenvalue weighted by atomic mass is 16.5. The van der Waals surface area contributed by atoms with Crippen LogP contribution < -0.4 is 19.3 Å². The van der Waals surface area contributed by atoms with Gasteiger partial charge < -0.3 is 14.4 Å². The zero-order chi connectivity index (χ0) is 45.3. The van der Waals surface area contributed by atoms with E-state index in [0.717, 1.165) is 73.6 Å². The van der Waals surface area contributed by atoms with E-state index in [0.29, 0.717) is 11.5 Å². The standard InChI is InChI=1S/C60H52N4O2/c1-38(62-58(42-20-12-9-13-21-42)61-37-39-18-10-8-11-19-39)40-26-28-41(29-27-40)46-33-44(60(5,6)7)34-48-47-32-43(59(2,3)4)30-31-49(47)63(56(46)48)45-35-54-57-55(36-45)66-53-25-17-15-23-51(53)64(57)50-22-14-16-24-52(50)65-54/h8-37,47,49H,1H2,2-7H3. The molecule has 324 valence electrons. The Hall–Kier alpha value is -7.70. The van der Waals surface area contributed by atoms with Crippen LogP contribution in [0.3, 0.4) is 0 Å². The van der Waals surface area contributed by atoms with E-state index in [1.165, 1.54) is 22.4 Å². The van der Waals surface area contributed by atoms with Crippen LogP contribution in [-0.4, -0.2) is 18.1 Å². The van der Waals surface area contributed by atoms with Crippen molar-refractivity contribution < 1.29 is 9.47 Å². The summed E-state index contributed by atoms with van der Waals surface area (Å²) in [7, 11) is 0. The number of hydrogen-bond donors (Lipinski definition) is 0. The van der Waals surface area contributed by atoms with E-state index in [9.17, 15) is 0 Å². The minimum atomic E-state index is -0.104. The first-order chi connectivity index (χ1) is 31.9. The number of aliphatic imine (C=N–C) groups is 2. The highest BCUT2D eigenvalue weighted by molar-refractivity contribution is 6.07. The molecule has 0 aromatic heterocycles. The van der Waals surface area contributed by atoms with Crippen LogP contribution in [0.1, 0.15) is 75.3 Å². The number of fused-ring (bicyclic) bond motifs is 7. The van der Waals surface area contributed by atoms with Crippen molar-refractivity contribution in [3.63, 3.8) is 0 Å². The monoisotopic (exact) mass is 860 g/mol. The van der Waals surface area contributed by atoms with Crippen molar-refractivity contribution in [3.8, 4) is 34.1 Å². The van der Waals surface area contributed by atoms with Crippen molar-refractivity contribution in [1.82, 2.24) is 0 Å². The maximum absolute atomic E-state index is 6.83. The molecule has 0 saturated heterocycles. The second-order valence-electron chi connectivity index (χ2n) is 19.6. The fourth-order valence-electron chi connectivity index (χ4n) is 9.59. The van der Waals surface area contributed by atoms with E-state index in [4.69, 9.17) is 19.5 Å². The molecule has 7 aromatic rings. The quantitative estimate of drug-likeness (QED) is 0.123. The highest BCUT2D eigenvalue weighted by Gasteiger charge is 2.44. The zero-order valence-corrected chi connectivity index (χ0v) is 38.3. The molecule has 3 heterocycles. The van der Waals surface area contributed by atoms with Gasteiger partial charge in [0.25, 0.3) is 0 Å². The van der Waals surface area contributed by atoms with Crippen LogP contribution in [0.5, 0.6) is 23.0 Å². The molecule has 11 rings (SSSR count). The summed E-state index contributed by atoms with van der Waals surface area (Å²) in [6, 6.07) is 54.6. The molecule has 2 atom stereocenters. The summed E-state index contributed by atoms with van der Waals surface area (Å²) in [4.78, 5) is 14.7. The summed E-state index contributed by atoms with van der Waals surface area (Å²) >= 11 is 0. The molecule has 0 N–H and O–H groups in total. The Morgan fingerprint density at radius 3 is 1.85 bits per heavy atom. The van der Waals surface area contributed by atoms with Gasteiger partial charge in [-0.1, -0.05) is 182 Å². The van der Waals surface area contributed by atoms with Crippen LogP contribution in [0.15, 0.2) is 198 Å². The van der Waals surface area contributed by atoms with Gasteiger partial charge in [0.2, 0.25) is 0 Å². The highest BCUT2D eigenvalue weighted by Crippen LogP contribution is 2.62. The predicted molar refractivity (Wildman–Crippen MR) is 273 cm³/mol. The molecule has 4 aliphatic rings. The Balaban J connectivity index is 1.05. The molecule has 7 aromatic carbocycles. The molecule has 3 aliphatic heterocycles. The van der Waals surface area contributed by atoms with E-state index in [2.05, 4.69) is 149 Å². The van der Waals surface area contributed by atoms with Crippen LogP contribution in [0, 0.1) is 5.41 Å². The van der Waals surface area contributed by atoms with E-state index < -0.39 is 0 Å². The fourth-order valence-corrected chi connectivity index (χ4v) is 9.59. The van der Waals surface area contributed by atoms with Crippen molar-refractivity contribution in [2.24, 2.45) is 15.4 Å². The topological polar surface area (TPSA) is 49.7 Å². The molecule has 0 amide bonds. The lowest BCUT2D eigenvalue weighted by Crippen LogP contribution is -2.30. The minimum Gasteiger partial charge on any atom is -0.453 e. The van der Waals surface area contributed by atoms with Gasteiger partial charge in [0, 0.05) is 41.1 Å². The number of amidine groups is 1. The van der Waals surface area contributed by atoms with Gasteiger partial charge in [-0.2, -0.15) is 0 Å². The molecule has 0 fully saturated rings. The van der Waals surface area contributed by atoms with Gasteiger partial charge >= 0.3 is 0 Å². The second-order valence-corrected chi connectivity index (χ2v) is 19.6. The lowest BCUT2D eigenvalue weighted by molar-refractivity contribution is 0.446. The molecule has 1 aliphatic carbocycles. The van der Waals surface area contributed by atoms with Crippen LogP contribution in [0.25, 0.3) is 16.8 Å². The Morgan fingerprint density at radius 1 is 0.621 bits per heavy atom. The van der Waals surface area contributed by atoms with Crippen molar-refractivity contribution in [3.05, 3.63) is 216 Å². The lowest BCUT2D eigenvalue weighted by atomic mass is 9.77. The summed E-state index contributed by atoms with van der Waals surface area (Å²) in [5.74, 6) is 3.83. The number of ether oxygens (including phenoxy) is 2. The number of anilines is 5. The summed E-state index contributed by atoms with van der Waals surface area (Å²) < 4.78 is 13.7. The van der Waals surface area contributed by atoms with Crippen LogP contribution in [0.4, 0.5) is 28.4 Å². The summed E-state index contributed by atoms with van der Waals surface area (Å²) in [5, 5.41) is 0. The smallest absolute Gasteiger partial charge is 0.159 e. The van der Waals surface area contributed by atoms with Crippen LogP contribution in [-0.2, 0) is 5.41 Å². The Bertz CT molecular complexity index is 3110. The lowest BCUT2D eigenvalue weighted by Gasteiger charge is -2.39. The second kappa shape index (κ2) is 15.8. The first-order valence-electron chi connectivity index (χ1n) is 22.8. The first-order valence-corrected chi connectivity index (χ1v) is 22.8. The molecular formula is C60H52N4O2. The van der Waals surface area contributed by atoms with Crippen LogP contribution in [0.2, 0.25) is 0 Å². The third-order valence-electron chi connectivity index (χ3n) is 13.1. The largest absolute Gasteiger partial charge is 0.453 e. The SMILES string of the molecule is C=C(N=C(N=Cc1ccccc1)c1ccccc1)c1ccc(-c2cc(C(C)(C)C)cc3c2N(c2cc4c5c(c2)Oc2ccccc2N5c2ccccc2O4)C2C=CC(C(C)(C)C)=CC32)cc1. The number of rotatable bonds is 6.